The van der Waals surface area contributed by atoms with Crippen LogP contribution in [0.25, 0.3) is 28.3 Å². The third-order valence-corrected chi connectivity index (χ3v) is 6.24. The van der Waals surface area contributed by atoms with E-state index in [1.807, 2.05) is 0 Å². The predicted molar refractivity (Wildman–Crippen MR) is 123 cm³/mol. The fourth-order valence-electron chi connectivity index (χ4n) is 4.39. The van der Waals surface area contributed by atoms with Crippen LogP contribution in [0.3, 0.4) is 0 Å². The van der Waals surface area contributed by atoms with Crippen molar-refractivity contribution in [3.8, 4) is 22.3 Å². The van der Waals surface area contributed by atoms with Crippen molar-refractivity contribution in [2.24, 2.45) is 5.92 Å². The minimum absolute atomic E-state index is 0.495. The molecule has 1 aliphatic rings. The number of fused-ring (bicyclic) bond motifs is 1. The van der Waals surface area contributed by atoms with Crippen LogP contribution in [0, 0.1) is 5.92 Å². The average Bonchev–Trinajstić information content (AvgIpc) is 3.17. The van der Waals surface area contributed by atoms with Gasteiger partial charge in [0.1, 0.15) is 0 Å². The Morgan fingerprint density at radius 3 is 2.21 bits per heavy atom. The van der Waals surface area contributed by atoms with Crippen molar-refractivity contribution in [3.63, 3.8) is 0 Å². The molecule has 0 spiro atoms. The van der Waals surface area contributed by atoms with Crippen molar-refractivity contribution in [2.45, 2.75) is 46.5 Å². The van der Waals surface area contributed by atoms with Crippen LogP contribution in [0.5, 0.6) is 0 Å². The lowest BCUT2D eigenvalue weighted by molar-refractivity contribution is 0.647. The molecule has 0 aliphatic heterocycles. The van der Waals surface area contributed by atoms with Crippen molar-refractivity contribution in [1.29, 1.82) is 0 Å². The van der Waals surface area contributed by atoms with Gasteiger partial charge in [-0.25, -0.2) is 0 Å². The first-order valence-electron chi connectivity index (χ1n) is 10.6. The van der Waals surface area contributed by atoms with E-state index in [2.05, 4.69) is 101 Å². The van der Waals surface area contributed by atoms with Crippen LogP contribution < -0.4 is 0 Å². The SMILES string of the molecule is CCC(C)C1=Cc2c(ccc(-c3ccccc3)c2-c2ccccc2C(C)C)C1. The van der Waals surface area contributed by atoms with Gasteiger partial charge in [0.2, 0.25) is 0 Å². The first kappa shape index (κ1) is 18.7. The second-order valence-corrected chi connectivity index (χ2v) is 8.37. The molecule has 0 amide bonds. The Kier molecular flexibility index (Phi) is 5.22. The third-order valence-electron chi connectivity index (χ3n) is 6.24. The number of hydrogen-bond acceptors (Lipinski definition) is 0. The van der Waals surface area contributed by atoms with Gasteiger partial charge in [0.05, 0.1) is 0 Å². The van der Waals surface area contributed by atoms with E-state index in [1.165, 1.54) is 45.4 Å². The average molecular weight is 367 g/mol. The van der Waals surface area contributed by atoms with Crippen molar-refractivity contribution in [1.82, 2.24) is 0 Å². The summed E-state index contributed by atoms with van der Waals surface area (Å²) < 4.78 is 0. The fraction of sp³-hybridized carbons (Fsp3) is 0.286. The summed E-state index contributed by atoms with van der Waals surface area (Å²) in [6, 6.07) is 24.5. The minimum Gasteiger partial charge on any atom is -0.0648 e. The normalized spacial score (nSPS) is 14.1. The Morgan fingerprint density at radius 2 is 1.50 bits per heavy atom. The number of rotatable bonds is 5. The lowest BCUT2D eigenvalue weighted by atomic mass is 9.84. The summed E-state index contributed by atoms with van der Waals surface area (Å²) in [4.78, 5) is 0. The molecule has 0 saturated carbocycles. The Bertz CT molecular complexity index is 1010. The molecule has 0 radical (unpaired) electrons. The first-order chi connectivity index (χ1) is 13.6. The topological polar surface area (TPSA) is 0 Å². The highest BCUT2D eigenvalue weighted by molar-refractivity contribution is 5.93. The molecule has 3 aromatic rings. The molecule has 0 aromatic heterocycles. The van der Waals surface area contributed by atoms with Crippen molar-refractivity contribution < 1.29 is 0 Å². The molecule has 3 aromatic carbocycles. The lowest BCUT2D eigenvalue weighted by Gasteiger charge is -2.19. The van der Waals surface area contributed by atoms with Gasteiger partial charge in [-0.3, -0.25) is 0 Å². The smallest absolute Gasteiger partial charge is 0.00271 e. The summed E-state index contributed by atoms with van der Waals surface area (Å²) in [5, 5.41) is 0. The summed E-state index contributed by atoms with van der Waals surface area (Å²) in [5.74, 6) is 1.14. The van der Waals surface area contributed by atoms with E-state index in [4.69, 9.17) is 0 Å². The summed E-state index contributed by atoms with van der Waals surface area (Å²) in [6.07, 6.45) is 4.78. The van der Waals surface area contributed by atoms with Crippen LogP contribution in [0.4, 0.5) is 0 Å². The molecule has 0 heteroatoms. The van der Waals surface area contributed by atoms with Crippen LogP contribution in [0.15, 0.2) is 72.3 Å². The van der Waals surface area contributed by atoms with E-state index in [0.29, 0.717) is 11.8 Å². The standard InChI is InChI=1S/C28H30/c1-5-20(4)23-17-22-15-16-25(21-11-7-6-8-12-21)28(27(22)18-23)26-14-10-9-13-24(26)19(2)3/h6-16,18-20H,5,17H2,1-4H3. The van der Waals surface area contributed by atoms with E-state index < -0.39 is 0 Å². The number of benzene rings is 3. The fourth-order valence-corrected chi connectivity index (χ4v) is 4.39. The molecule has 4 rings (SSSR count). The van der Waals surface area contributed by atoms with Crippen LogP contribution in [-0.4, -0.2) is 0 Å². The van der Waals surface area contributed by atoms with Crippen LogP contribution in [0.1, 0.15) is 56.7 Å². The summed E-state index contributed by atoms with van der Waals surface area (Å²) in [5.41, 5.74) is 11.3. The Morgan fingerprint density at radius 1 is 0.786 bits per heavy atom. The highest BCUT2D eigenvalue weighted by Crippen LogP contribution is 2.44. The molecule has 0 bridgehead atoms. The van der Waals surface area contributed by atoms with Gasteiger partial charge in [0.25, 0.3) is 0 Å². The van der Waals surface area contributed by atoms with Crippen LogP contribution >= 0.6 is 0 Å². The zero-order valence-electron chi connectivity index (χ0n) is 17.5. The molecule has 0 saturated heterocycles. The second kappa shape index (κ2) is 7.80. The Labute approximate surface area is 169 Å². The van der Waals surface area contributed by atoms with Crippen LogP contribution in [-0.2, 0) is 6.42 Å². The molecule has 142 valence electrons. The van der Waals surface area contributed by atoms with Gasteiger partial charge in [-0.2, -0.15) is 0 Å². The highest BCUT2D eigenvalue weighted by atomic mass is 14.3. The van der Waals surface area contributed by atoms with Gasteiger partial charge in [-0.05, 0) is 63.6 Å². The van der Waals surface area contributed by atoms with Gasteiger partial charge >= 0.3 is 0 Å². The maximum atomic E-state index is 2.49. The number of allylic oxidation sites excluding steroid dienone is 1. The van der Waals surface area contributed by atoms with E-state index in [9.17, 15) is 0 Å². The molecule has 0 heterocycles. The van der Waals surface area contributed by atoms with E-state index in [1.54, 1.807) is 5.57 Å². The highest BCUT2D eigenvalue weighted by Gasteiger charge is 2.23. The van der Waals surface area contributed by atoms with E-state index >= 15 is 0 Å². The van der Waals surface area contributed by atoms with Gasteiger partial charge in [0, 0.05) is 0 Å². The monoisotopic (exact) mass is 366 g/mol. The summed E-state index contributed by atoms with van der Waals surface area (Å²) in [6.45, 7) is 9.24. The maximum Gasteiger partial charge on any atom is -0.00271 e. The lowest BCUT2D eigenvalue weighted by Crippen LogP contribution is -1.98. The molecule has 0 N–H and O–H groups in total. The molecule has 0 fully saturated rings. The van der Waals surface area contributed by atoms with Crippen molar-refractivity contribution >= 4 is 6.08 Å². The predicted octanol–water partition coefficient (Wildman–Crippen LogP) is 8.13. The van der Waals surface area contributed by atoms with Gasteiger partial charge in [-0.15, -0.1) is 0 Å². The van der Waals surface area contributed by atoms with Crippen LogP contribution in [0.2, 0.25) is 0 Å². The molecular formula is C28H30. The molecular weight excluding hydrogens is 336 g/mol. The molecule has 28 heavy (non-hydrogen) atoms. The minimum atomic E-state index is 0.495. The van der Waals surface area contributed by atoms with Crippen molar-refractivity contribution in [2.75, 3.05) is 0 Å². The maximum absolute atomic E-state index is 2.49. The zero-order valence-corrected chi connectivity index (χ0v) is 17.5. The van der Waals surface area contributed by atoms with Gasteiger partial charge in [-0.1, -0.05) is 106 Å². The van der Waals surface area contributed by atoms with Gasteiger partial charge in [0.15, 0.2) is 0 Å². The molecule has 0 nitrogen and oxygen atoms in total. The third kappa shape index (κ3) is 3.33. The largest absolute Gasteiger partial charge is 0.0648 e. The van der Waals surface area contributed by atoms with Gasteiger partial charge < -0.3 is 0 Å². The molecule has 1 atom stereocenters. The Balaban J connectivity index is 2.01. The quantitative estimate of drug-likeness (QED) is 0.427. The van der Waals surface area contributed by atoms with E-state index in [0.717, 1.165) is 6.42 Å². The van der Waals surface area contributed by atoms with Crippen molar-refractivity contribution in [3.05, 3.63) is 89.0 Å². The second-order valence-electron chi connectivity index (χ2n) is 8.37. The molecule has 1 aliphatic carbocycles. The number of hydrogen-bond donors (Lipinski definition) is 0. The first-order valence-corrected chi connectivity index (χ1v) is 10.6. The van der Waals surface area contributed by atoms with E-state index in [-0.39, 0.29) is 0 Å². The summed E-state index contributed by atoms with van der Waals surface area (Å²) in [7, 11) is 0. The Hall–Kier alpha value is -2.60. The zero-order chi connectivity index (χ0) is 19.7. The molecule has 1 unspecified atom stereocenters. The summed E-state index contributed by atoms with van der Waals surface area (Å²) >= 11 is 0.